The van der Waals surface area contributed by atoms with Crippen molar-refractivity contribution in [1.29, 1.82) is 0 Å². The molecule has 4 heterocycles. The highest BCUT2D eigenvalue weighted by Gasteiger charge is 2.38. The van der Waals surface area contributed by atoms with E-state index < -0.39 is 87.1 Å². The Morgan fingerprint density at radius 1 is 0.897 bits per heavy atom. The molecule has 1 aliphatic heterocycles. The Labute approximate surface area is 333 Å². The number of anilines is 1. The maximum Gasteiger partial charge on any atom is 0.277 e. The first-order valence-corrected chi connectivity index (χ1v) is 19.3. The number of nitrogens with zero attached hydrogens (tertiary/aromatic N) is 6. The van der Waals surface area contributed by atoms with Crippen LogP contribution in [0.2, 0.25) is 0 Å². The summed E-state index contributed by atoms with van der Waals surface area (Å²) in [6.07, 6.45) is -12.3. The third kappa shape index (κ3) is 9.56. The van der Waals surface area contributed by atoms with E-state index in [-0.39, 0.29) is 37.1 Å². The molecule has 1 aliphatic rings. The number of carbonyl (C=O) groups is 2. The molecule has 2 amide bonds. The lowest BCUT2D eigenvalue weighted by atomic mass is 9.97. The van der Waals surface area contributed by atoms with Crippen molar-refractivity contribution in [3.05, 3.63) is 47.5 Å². The van der Waals surface area contributed by atoms with E-state index in [2.05, 4.69) is 20.3 Å². The summed E-state index contributed by atoms with van der Waals surface area (Å²) in [5, 5.41) is 104. The first-order chi connectivity index (χ1) is 27.6. The van der Waals surface area contributed by atoms with Crippen LogP contribution in [0, 0.1) is 0 Å². The maximum absolute atomic E-state index is 13.9. The second kappa shape index (κ2) is 19.6. The third-order valence-electron chi connectivity index (χ3n) is 10.9. The van der Waals surface area contributed by atoms with Crippen LogP contribution in [0.4, 0.5) is 5.82 Å². The van der Waals surface area contributed by atoms with Crippen LogP contribution >= 0.6 is 0 Å². The highest BCUT2D eigenvalue weighted by molar-refractivity contribution is 5.98. The summed E-state index contributed by atoms with van der Waals surface area (Å²) in [6, 6.07) is 6.61. The summed E-state index contributed by atoms with van der Waals surface area (Å²) in [5.41, 5.74) is 9.05. The van der Waals surface area contributed by atoms with Gasteiger partial charge in [0.05, 0.1) is 38.5 Å². The summed E-state index contributed by atoms with van der Waals surface area (Å²) in [4.78, 5) is 41.8. The molecule has 8 atom stereocenters. The smallest absolute Gasteiger partial charge is 0.277 e. The van der Waals surface area contributed by atoms with Crippen molar-refractivity contribution in [2.24, 2.45) is 0 Å². The van der Waals surface area contributed by atoms with Crippen LogP contribution in [-0.4, -0.2) is 186 Å². The zero-order chi connectivity index (χ0) is 42.4. The summed E-state index contributed by atoms with van der Waals surface area (Å²) in [7, 11) is 0. The number of hydrogen-bond donors (Lipinski definition) is 13. The van der Waals surface area contributed by atoms with Gasteiger partial charge in [-0.25, -0.2) is 19.1 Å². The van der Waals surface area contributed by atoms with Crippen molar-refractivity contribution < 1.29 is 65.2 Å². The second-order valence-electron chi connectivity index (χ2n) is 14.5. The predicted molar refractivity (Wildman–Crippen MR) is 206 cm³/mol. The summed E-state index contributed by atoms with van der Waals surface area (Å²) < 4.78 is 4.05. The largest absolute Gasteiger partial charge is 0.394 e. The maximum atomic E-state index is 13.9. The van der Waals surface area contributed by atoms with Gasteiger partial charge in [0.2, 0.25) is 0 Å². The van der Waals surface area contributed by atoms with Gasteiger partial charge in [0.15, 0.2) is 28.2 Å². The molecule has 3 aromatic heterocycles. The van der Waals surface area contributed by atoms with Crippen LogP contribution in [0.3, 0.4) is 0 Å². The van der Waals surface area contributed by atoms with E-state index in [4.69, 9.17) is 5.73 Å². The fourth-order valence-corrected chi connectivity index (χ4v) is 7.53. The first-order valence-electron chi connectivity index (χ1n) is 19.3. The minimum absolute atomic E-state index is 0.00462. The molecule has 1 saturated heterocycles. The molecule has 0 saturated carbocycles. The van der Waals surface area contributed by atoms with Crippen molar-refractivity contribution >= 4 is 39.8 Å². The lowest BCUT2D eigenvalue weighted by Gasteiger charge is -2.41. The first kappa shape index (κ1) is 44.7. The van der Waals surface area contributed by atoms with Gasteiger partial charge in [0.25, 0.3) is 17.6 Å². The molecule has 320 valence electrons. The number of rotatable bonds is 19. The minimum Gasteiger partial charge on any atom is -0.394 e. The molecule has 5 rings (SSSR count). The number of imidazole rings is 1. The van der Waals surface area contributed by atoms with Gasteiger partial charge in [-0.15, -0.1) is 0 Å². The molecule has 4 aromatic rings. The van der Waals surface area contributed by atoms with E-state index in [1.807, 2.05) is 29.0 Å². The number of fused-ring (bicyclic) bond motifs is 2. The molecule has 21 nitrogen and oxygen atoms in total. The van der Waals surface area contributed by atoms with Gasteiger partial charge < -0.3 is 72.0 Å². The Morgan fingerprint density at radius 2 is 1.48 bits per heavy atom. The minimum atomic E-state index is -1.91. The van der Waals surface area contributed by atoms with E-state index in [0.717, 1.165) is 16.9 Å². The normalized spacial score (nSPS) is 18.3. The molecule has 0 spiro atoms. The number of aryl methyl sites for hydroxylation is 2. The van der Waals surface area contributed by atoms with Gasteiger partial charge in [-0.05, 0) is 44.9 Å². The van der Waals surface area contributed by atoms with Gasteiger partial charge in [0, 0.05) is 50.0 Å². The zero-order valence-corrected chi connectivity index (χ0v) is 32.4. The van der Waals surface area contributed by atoms with Crippen molar-refractivity contribution in [3.63, 3.8) is 0 Å². The molecule has 1 aromatic carbocycles. The number of nitrogens with two attached hydrogens (primary N) is 1. The molecule has 58 heavy (non-hydrogen) atoms. The van der Waals surface area contributed by atoms with Gasteiger partial charge in [-0.3, -0.25) is 14.5 Å². The third-order valence-corrected chi connectivity index (χ3v) is 10.9. The molecule has 21 heteroatoms. The number of nitrogen functional groups attached to an aromatic ring is 1. The second-order valence-corrected chi connectivity index (χ2v) is 14.5. The fourth-order valence-electron chi connectivity index (χ4n) is 7.53. The van der Waals surface area contributed by atoms with Gasteiger partial charge >= 0.3 is 0 Å². The number of aromatic amines is 1. The highest BCUT2D eigenvalue weighted by Crippen LogP contribution is 2.24. The number of benzene rings is 1. The standard InChI is InChI=1S/C37H55N9O12/c1-3-45-22-6-5-19(13-23(22)46(4-2)28(45)14-40-36(57)29-34(38)42-35-21(41-29)7-10-39-35)37(58)43-11-8-20(9-12-43)44(15-24(49)30(53)32(55)26(51)17-47)16-25(50)31(54)33(56)27(52)18-48/h5-7,10,13,20,24-27,30-33,47-56H,3-4,8-9,11-12,14-18H2,1-2H3,(H3-,38,39,40,41,42,57)/p+1/t24-,25-,26+,27+,30+,31+,32+,33+/m0/s1. The van der Waals surface area contributed by atoms with E-state index in [0.29, 0.717) is 42.7 Å². The quantitative estimate of drug-likeness (QED) is 0.0397. The average Bonchev–Trinajstić information content (AvgIpc) is 3.83. The van der Waals surface area contributed by atoms with Crippen LogP contribution < -0.4 is 15.6 Å². The summed E-state index contributed by atoms with van der Waals surface area (Å²) >= 11 is 0. The Bertz CT molecular complexity index is 1970. The van der Waals surface area contributed by atoms with Gasteiger partial charge in [0.1, 0.15) is 48.7 Å². The van der Waals surface area contributed by atoms with Crippen LogP contribution in [0.25, 0.3) is 22.2 Å². The zero-order valence-electron chi connectivity index (χ0n) is 32.4. The van der Waals surface area contributed by atoms with E-state index in [1.54, 1.807) is 29.3 Å². The number of carbonyl (C=O) groups excluding carboxylic acids is 2. The van der Waals surface area contributed by atoms with Crippen molar-refractivity contribution in [3.8, 4) is 0 Å². The average molecular weight is 819 g/mol. The molecule has 0 unspecified atom stereocenters. The number of aliphatic hydroxyl groups is 10. The molecule has 14 N–H and O–H groups in total. The molecule has 0 bridgehead atoms. The molecular formula is C37H56N9O12+. The van der Waals surface area contributed by atoms with Crippen LogP contribution in [0.1, 0.15) is 53.4 Å². The number of aliphatic hydroxyl groups excluding tert-OH is 10. The number of hydrogen-bond acceptors (Lipinski definition) is 16. The van der Waals surface area contributed by atoms with Crippen molar-refractivity contribution in [2.75, 3.05) is 45.1 Å². The van der Waals surface area contributed by atoms with Crippen LogP contribution in [0.15, 0.2) is 30.5 Å². The SMILES string of the molecule is CCn1c(CNC(=O)c2nc3cc[nH]c3nc2N)[n+](CC)c2ccc(C(=O)N3CCC(N(C[C@H](O)[C@@H](O)[C@H](O)[C@H](O)CO)C[C@H](O)[C@@H](O)[C@H](O)[C@H](O)CO)CC3)cc21. The van der Waals surface area contributed by atoms with Gasteiger partial charge in [-0.2, -0.15) is 0 Å². The number of H-pyrrole nitrogens is 1. The number of likely N-dealkylation sites (tertiary alicyclic amines) is 1. The summed E-state index contributed by atoms with van der Waals surface area (Å²) in [6.45, 7) is 3.06. The number of nitrogens with one attached hydrogen (secondary N) is 2. The Balaban J connectivity index is 1.31. The Hall–Kier alpha value is -4.39. The monoisotopic (exact) mass is 818 g/mol. The number of amides is 2. The van der Waals surface area contributed by atoms with Crippen molar-refractivity contribution in [2.45, 2.75) is 101 Å². The Morgan fingerprint density at radius 3 is 2.03 bits per heavy atom. The highest BCUT2D eigenvalue weighted by atomic mass is 16.4. The van der Waals surface area contributed by atoms with Gasteiger partial charge in [-0.1, -0.05) is 0 Å². The van der Waals surface area contributed by atoms with E-state index >= 15 is 0 Å². The molecule has 1 fully saturated rings. The number of aromatic nitrogens is 5. The number of piperidine rings is 1. The van der Waals surface area contributed by atoms with Crippen LogP contribution in [-0.2, 0) is 19.6 Å². The van der Waals surface area contributed by atoms with Crippen LogP contribution in [0.5, 0.6) is 0 Å². The Kier molecular flexibility index (Phi) is 15.1. The van der Waals surface area contributed by atoms with E-state index in [9.17, 15) is 60.7 Å². The molecule has 0 aliphatic carbocycles. The lowest BCUT2D eigenvalue weighted by Crippen LogP contribution is -2.56. The van der Waals surface area contributed by atoms with E-state index in [1.165, 1.54) is 4.90 Å². The predicted octanol–water partition coefficient (Wildman–Crippen LogP) is -4.47. The molecular weight excluding hydrogens is 762 g/mol. The fraction of sp³-hybridized carbons (Fsp3) is 0.595. The van der Waals surface area contributed by atoms with Crippen molar-refractivity contribution in [1.82, 2.24) is 34.6 Å². The molecule has 0 radical (unpaired) electrons. The summed E-state index contributed by atoms with van der Waals surface area (Å²) in [5.74, 6) is 0.0266. The lowest BCUT2D eigenvalue weighted by molar-refractivity contribution is -0.676. The topological polar surface area (TPSA) is 331 Å².